The Morgan fingerprint density at radius 1 is 0.537 bits per heavy atom. The maximum absolute atomic E-state index is 4.03. The number of unbranched alkanes of at least 4 members (excludes halogenated alkanes) is 2. The van der Waals surface area contributed by atoms with Gasteiger partial charge in [0.1, 0.15) is 0 Å². The molecule has 7 heteroatoms. The highest BCUT2D eigenvalue weighted by Gasteiger charge is 2.23. The molecule has 0 bridgehead atoms. The number of hydrogen-bond acceptors (Lipinski definition) is 4. The SMILES string of the molecule is CCCCC(CC)Cc1cc(-c2cc(/C=C/c3ccc(-c4ccc(-n5c6ccc(C(C)(C)C)cc6c6cc(C(C)(C)C)ccc65)cc4)s3)c(-c3cc(CC(CC)CCCC)c(Br)s3)s2)sc1Br. The smallest absolute Gasteiger partial charge is 0.0737 e. The van der Waals surface area contributed by atoms with Gasteiger partial charge >= 0.3 is 0 Å². The Balaban J connectivity index is 1.10. The van der Waals surface area contributed by atoms with Crippen molar-refractivity contribution in [2.75, 3.05) is 0 Å². The average molecular weight is 1090 g/mol. The predicted molar refractivity (Wildman–Crippen MR) is 311 cm³/mol. The second-order valence-electron chi connectivity index (χ2n) is 20.8. The minimum absolute atomic E-state index is 0.0743. The van der Waals surface area contributed by atoms with Crippen molar-refractivity contribution in [2.45, 2.75) is 144 Å². The van der Waals surface area contributed by atoms with Gasteiger partial charge in [0.2, 0.25) is 0 Å². The molecule has 8 aromatic rings. The van der Waals surface area contributed by atoms with E-state index in [1.165, 1.54) is 149 Å². The fraction of sp³-hybridized carbons (Fsp3) is 0.400. The molecule has 0 aliphatic rings. The normalized spacial score (nSPS) is 13.5. The maximum atomic E-state index is 4.03. The van der Waals surface area contributed by atoms with E-state index in [0.29, 0.717) is 0 Å². The van der Waals surface area contributed by atoms with Crippen LogP contribution in [0.4, 0.5) is 0 Å². The molecule has 8 rings (SSSR count). The molecular weight excluding hydrogens is 1020 g/mol. The van der Waals surface area contributed by atoms with E-state index in [0.717, 1.165) is 24.7 Å². The first-order chi connectivity index (χ1) is 32.1. The predicted octanol–water partition coefficient (Wildman–Crippen LogP) is 21.8. The molecule has 0 aliphatic carbocycles. The third-order valence-electron chi connectivity index (χ3n) is 13.8. The molecule has 0 amide bonds. The summed E-state index contributed by atoms with van der Waals surface area (Å²) >= 11 is 15.7. The van der Waals surface area contributed by atoms with Crippen LogP contribution in [0.3, 0.4) is 0 Å². The number of benzene rings is 3. The van der Waals surface area contributed by atoms with Crippen LogP contribution in [0.1, 0.15) is 153 Å². The Labute approximate surface area is 435 Å². The van der Waals surface area contributed by atoms with E-state index in [1.54, 1.807) is 0 Å². The van der Waals surface area contributed by atoms with Crippen LogP contribution in [0.2, 0.25) is 0 Å². The number of nitrogens with zero attached hydrogens (tertiary/aromatic N) is 1. The Hall–Kier alpha value is -3.04. The highest BCUT2D eigenvalue weighted by Crippen LogP contribution is 2.48. The minimum Gasteiger partial charge on any atom is -0.309 e. The zero-order valence-corrected chi connectivity index (χ0v) is 47.8. The lowest BCUT2D eigenvalue weighted by Gasteiger charge is -2.19. The molecule has 0 N–H and O–H groups in total. The van der Waals surface area contributed by atoms with Crippen LogP contribution in [0.25, 0.3) is 69.6 Å². The number of fused-ring (bicyclic) bond motifs is 3. The molecule has 2 atom stereocenters. The summed E-state index contributed by atoms with van der Waals surface area (Å²) in [7, 11) is 0. The second-order valence-corrected chi connectivity index (χ2v) is 27.7. The molecule has 0 spiro atoms. The molecule has 352 valence electrons. The van der Waals surface area contributed by atoms with Crippen molar-refractivity contribution >= 4 is 111 Å². The van der Waals surface area contributed by atoms with Crippen molar-refractivity contribution in [1.82, 2.24) is 4.57 Å². The summed E-state index contributed by atoms with van der Waals surface area (Å²) in [6, 6.07) is 35.4. The summed E-state index contributed by atoms with van der Waals surface area (Å²) in [6.07, 6.45) is 17.2. The van der Waals surface area contributed by atoms with Crippen LogP contribution in [-0.2, 0) is 23.7 Å². The topological polar surface area (TPSA) is 4.93 Å². The molecule has 0 fully saturated rings. The third kappa shape index (κ3) is 11.4. The van der Waals surface area contributed by atoms with Gasteiger partial charge in [-0.3, -0.25) is 0 Å². The third-order valence-corrected chi connectivity index (χ3v) is 20.4. The lowest BCUT2D eigenvalue weighted by Crippen LogP contribution is -2.10. The van der Waals surface area contributed by atoms with Crippen LogP contribution in [0, 0.1) is 11.8 Å². The zero-order chi connectivity index (χ0) is 47.6. The van der Waals surface area contributed by atoms with Gasteiger partial charge in [-0.25, -0.2) is 0 Å². The van der Waals surface area contributed by atoms with E-state index >= 15 is 0 Å². The Kier molecular flexibility index (Phi) is 16.2. The van der Waals surface area contributed by atoms with E-state index in [1.807, 2.05) is 45.3 Å². The molecule has 3 aromatic carbocycles. The van der Waals surface area contributed by atoms with E-state index < -0.39 is 0 Å². The van der Waals surface area contributed by atoms with Crippen LogP contribution in [0.15, 0.2) is 98.6 Å². The van der Waals surface area contributed by atoms with Crippen molar-refractivity contribution in [3.05, 3.63) is 131 Å². The van der Waals surface area contributed by atoms with Crippen LogP contribution >= 0.6 is 77.2 Å². The summed E-state index contributed by atoms with van der Waals surface area (Å²) in [5, 5.41) is 2.65. The Morgan fingerprint density at radius 2 is 1.06 bits per heavy atom. The fourth-order valence-electron chi connectivity index (χ4n) is 9.46. The molecule has 67 heavy (non-hydrogen) atoms. The van der Waals surface area contributed by atoms with Gasteiger partial charge in [-0.1, -0.05) is 151 Å². The summed E-state index contributed by atoms with van der Waals surface area (Å²) in [5.41, 5.74) is 12.0. The van der Waals surface area contributed by atoms with E-state index in [-0.39, 0.29) is 10.8 Å². The van der Waals surface area contributed by atoms with Crippen molar-refractivity contribution < 1.29 is 0 Å². The van der Waals surface area contributed by atoms with Crippen LogP contribution in [-0.4, -0.2) is 4.57 Å². The molecule has 0 radical (unpaired) electrons. The molecule has 0 aliphatic heterocycles. The number of rotatable bonds is 18. The molecule has 5 heterocycles. The number of halogens is 2. The van der Waals surface area contributed by atoms with E-state index in [2.05, 4.69) is 209 Å². The van der Waals surface area contributed by atoms with Crippen molar-refractivity contribution in [3.63, 3.8) is 0 Å². The Morgan fingerprint density at radius 3 is 1.58 bits per heavy atom. The first-order valence-corrected chi connectivity index (χ1v) is 29.6. The first-order valence-electron chi connectivity index (χ1n) is 24.8. The molecular formula is C60H69Br2NS4. The maximum Gasteiger partial charge on any atom is 0.0737 e. The van der Waals surface area contributed by atoms with Crippen LogP contribution < -0.4 is 0 Å². The molecule has 1 nitrogen and oxygen atoms in total. The number of aromatic nitrogens is 1. The van der Waals surface area contributed by atoms with Gasteiger partial charge in [-0.15, -0.1) is 45.3 Å². The molecule has 2 unspecified atom stereocenters. The lowest BCUT2D eigenvalue weighted by molar-refractivity contribution is 0.449. The van der Waals surface area contributed by atoms with Gasteiger partial charge in [0.15, 0.2) is 0 Å². The first kappa shape index (κ1) is 50.4. The molecule has 5 aromatic heterocycles. The number of thiophene rings is 4. The lowest BCUT2D eigenvalue weighted by atomic mass is 9.85. The molecule has 0 saturated carbocycles. The van der Waals surface area contributed by atoms with Gasteiger partial charge in [-0.05, 0) is 174 Å². The van der Waals surface area contributed by atoms with Gasteiger partial charge in [-0.2, -0.15) is 0 Å². The quantitative estimate of drug-likeness (QED) is 0.0807. The standard InChI is InChI=1S/C60H69Br2NS4/c1-11-15-17-38(13-3)31-42-34-54(66-57(42)61)53-33-41(56(65-53)55-35-43(58(62)67-55)32-39(14-4)18-16-12-2)21-26-47-27-30-52(64-47)40-19-24-46(25-20-40)63-50-28-22-44(59(5,6)7)36-48(50)49-37-45(60(8,9)10)23-29-51(49)63/h19-30,33-39H,11-18,31-32H2,1-10H3/b26-21+. The van der Waals surface area contributed by atoms with Crippen molar-refractivity contribution in [2.24, 2.45) is 11.8 Å². The van der Waals surface area contributed by atoms with Crippen molar-refractivity contribution in [3.8, 4) is 35.6 Å². The van der Waals surface area contributed by atoms with E-state index in [9.17, 15) is 0 Å². The van der Waals surface area contributed by atoms with Gasteiger partial charge in [0, 0.05) is 40.8 Å². The highest BCUT2D eigenvalue weighted by atomic mass is 79.9. The zero-order valence-electron chi connectivity index (χ0n) is 41.4. The number of hydrogen-bond donors (Lipinski definition) is 0. The van der Waals surface area contributed by atoms with Gasteiger partial charge in [0.25, 0.3) is 0 Å². The molecule has 0 saturated heterocycles. The minimum atomic E-state index is 0.0743. The summed E-state index contributed by atoms with van der Waals surface area (Å²) in [5.74, 6) is 1.46. The van der Waals surface area contributed by atoms with Crippen molar-refractivity contribution in [1.29, 1.82) is 0 Å². The monoisotopic (exact) mass is 1090 g/mol. The van der Waals surface area contributed by atoms with Gasteiger partial charge < -0.3 is 4.57 Å². The average Bonchev–Trinajstić information content (AvgIpc) is 4.15. The highest BCUT2D eigenvalue weighted by molar-refractivity contribution is 9.11. The summed E-state index contributed by atoms with van der Waals surface area (Å²) < 4.78 is 5.04. The van der Waals surface area contributed by atoms with E-state index in [4.69, 9.17) is 0 Å². The second kappa shape index (κ2) is 21.5. The summed E-state index contributed by atoms with van der Waals surface area (Å²) in [6.45, 7) is 23.2. The van der Waals surface area contributed by atoms with Crippen LogP contribution in [0.5, 0.6) is 0 Å². The fourth-order valence-corrected chi connectivity index (χ4v) is 15.1. The largest absolute Gasteiger partial charge is 0.309 e. The summed E-state index contributed by atoms with van der Waals surface area (Å²) in [4.78, 5) is 8.00. The van der Waals surface area contributed by atoms with Gasteiger partial charge in [0.05, 0.1) is 23.5 Å². The Bertz CT molecular complexity index is 2900.